The molecule has 1 saturated heterocycles. The van der Waals surface area contributed by atoms with Gasteiger partial charge in [-0.05, 0) is 12.0 Å². The Balaban J connectivity index is 1.93. The van der Waals surface area contributed by atoms with E-state index in [9.17, 15) is 0 Å². The Hall–Kier alpha value is -1.10. The average molecular weight is 234 g/mol. The molecule has 2 unspecified atom stereocenters. The van der Waals surface area contributed by atoms with Crippen LogP contribution in [-0.2, 0) is 11.2 Å². The third kappa shape index (κ3) is 1.92. The lowest BCUT2D eigenvalue weighted by atomic mass is 9.91. The first-order valence-corrected chi connectivity index (χ1v) is 6.18. The van der Waals surface area contributed by atoms with Crippen molar-refractivity contribution in [2.75, 3.05) is 19.8 Å². The molecule has 1 aromatic rings. The average Bonchev–Trinajstić information content (AvgIpc) is 3.00. The minimum Gasteiger partial charge on any atom is -0.493 e. The van der Waals surface area contributed by atoms with Gasteiger partial charge in [0, 0.05) is 24.5 Å². The van der Waals surface area contributed by atoms with Crippen molar-refractivity contribution >= 4 is 0 Å². The monoisotopic (exact) mass is 234 g/mol. The molecule has 2 atom stereocenters. The Morgan fingerprint density at radius 3 is 3.06 bits per heavy atom. The zero-order valence-electron chi connectivity index (χ0n) is 9.82. The molecule has 0 radical (unpaired) electrons. The van der Waals surface area contributed by atoms with Gasteiger partial charge in [-0.3, -0.25) is 11.3 Å². The highest BCUT2D eigenvalue weighted by molar-refractivity contribution is 5.45. The quantitative estimate of drug-likeness (QED) is 0.609. The van der Waals surface area contributed by atoms with Crippen LogP contribution in [0.3, 0.4) is 0 Å². The smallest absolute Gasteiger partial charge is 0.127 e. The summed E-state index contributed by atoms with van der Waals surface area (Å²) < 4.78 is 11.2. The molecule has 17 heavy (non-hydrogen) atoms. The van der Waals surface area contributed by atoms with Crippen molar-refractivity contribution in [1.29, 1.82) is 0 Å². The summed E-state index contributed by atoms with van der Waals surface area (Å²) in [7, 11) is 0. The Bertz CT molecular complexity index is 402. The molecule has 3 rings (SSSR count). The first kappa shape index (κ1) is 11.0. The van der Waals surface area contributed by atoms with Gasteiger partial charge in [0.2, 0.25) is 0 Å². The van der Waals surface area contributed by atoms with Crippen molar-refractivity contribution in [3.8, 4) is 5.75 Å². The Morgan fingerprint density at radius 1 is 1.35 bits per heavy atom. The summed E-state index contributed by atoms with van der Waals surface area (Å²) >= 11 is 0. The van der Waals surface area contributed by atoms with Gasteiger partial charge in [0.05, 0.1) is 19.3 Å². The van der Waals surface area contributed by atoms with Crippen molar-refractivity contribution in [3.63, 3.8) is 0 Å². The van der Waals surface area contributed by atoms with Crippen molar-refractivity contribution in [2.24, 2.45) is 11.8 Å². The number of para-hydroxylation sites is 1. The van der Waals surface area contributed by atoms with Crippen LogP contribution in [-0.4, -0.2) is 19.8 Å². The molecule has 4 nitrogen and oxygen atoms in total. The van der Waals surface area contributed by atoms with Gasteiger partial charge >= 0.3 is 0 Å². The molecule has 0 bridgehead atoms. The van der Waals surface area contributed by atoms with Crippen LogP contribution in [0, 0.1) is 5.92 Å². The van der Waals surface area contributed by atoms with Gasteiger partial charge in [-0.25, -0.2) is 0 Å². The molecule has 0 saturated carbocycles. The molecule has 0 aliphatic carbocycles. The largest absolute Gasteiger partial charge is 0.493 e. The maximum absolute atomic E-state index is 5.74. The van der Waals surface area contributed by atoms with Gasteiger partial charge in [-0.1, -0.05) is 18.2 Å². The molecule has 0 aromatic heterocycles. The van der Waals surface area contributed by atoms with Gasteiger partial charge in [0.15, 0.2) is 0 Å². The Kier molecular flexibility index (Phi) is 3.01. The summed E-state index contributed by atoms with van der Waals surface area (Å²) in [4.78, 5) is 0. The summed E-state index contributed by atoms with van der Waals surface area (Å²) in [5.41, 5.74) is 5.40. The van der Waals surface area contributed by atoms with Crippen LogP contribution in [0.25, 0.3) is 0 Å². The maximum atomic E-state index is 5.74. The van der Waals surface area contributed by atoms with E-state index in [1.807, 2.05) is 0 Å². The third-order valence-corrected chi connectivity index (χ3v) is 3.70. The number of fused-ring (bicyclic) bond motifs is 1. The van der Waals surface area contributed by atoms with E-state index in [0.29, 0.717) is 5.92 Å². The van der Waals surface area contributed by atoms with E-state index < -0.39 is 0 Å². The van der Waals surface area contributed by atoms with Crippen LogP contribution in [0.4, 0.5) is 0 Å². The predicted molar refractivity (Wildman–Crippen MR) is 64.6 cm³/mol. The summed E-state index contributed by atoms with van der Waals surface area (Å²) in [6, 6.07) is 6.45. The standard InChI is InChI=1S/C13H18N2O2/c14-15-12(10-4-6-16-8-10)11-3-1-2-9-5-7-17-13(9)11/h1-3,10,12,15H,4-8,14H2. The third-order valence-electron chi connectivity index (χ3n) is 3.70. The minimum absolute atomic E-state index is 0.130. The second-order valence-electron chi connectivity index (χ2n) is 4.70. The van der Waals surface area contributed by atoms with E-state index in [-0.39, 0.29) is 6.04 Å². The van der Waals surface area contributed by atoms with Gasteiger partial charge in [-0.15, -0.1) is 0 Å². The van der Waals surface area contributed by atoms with Crippen molar-refractivity contribution in [1.82, 2.24) is 5.43 Å². The van der Waals surface area contributed by atoms with Crippen LogP contribution in [0.2, 0.25) is 0 Å². The van der Waals surface area contributed by atoms with Gasteiger partial charge in [0.1, 0.15) is 5.75 Å². The lowest BCUT2D eigenvalue weighted by Gasteiger charge is -2.23. The minimum atomic E-state index is 0.130. The highest BCUT2D eigenvalue weighted by Crippen LogP contribution is 2.38. The first-order chi connectivity index (χ1) is 8.40. The van der Waals surface area contributed by atoms with Crippen LogP contribution < -0.4 is 16.0 Å². The number of benzene rings is 1. The van der Waals surface area contributed by atoms with Gasteiger partial charge in [-0.2, -0.15) is 0 Å². The van der Waals surface area contributed by atoms with Crippen molar-refractivity contribution < 1.29 is 9.47 Å². The molecule has 2 heterocycles. The van der Waals surface area contributed by atoms with Crippen LogP contribution in [0.1, 0.15) is 23.6 Å². The van der Waals surface area contributed by atoms with Crippen molar-refractivity contribution in [3.05, 3.63) is 29.3 Å². The molecule has 4 heteroatoms. The van der Waals surface area contributed by atoms with E-state index in [1.165, 1.54) is 11.1 Å². The second-order valence-corrected chi connectivity index (χ2v) is 4.70. The van der Waals surface area contributed by atoms with E-state index >= 15 is 0 Å². The number of hydrogen-bond donors (Lipinski definition) is 2. The molecule has 0 amide bonds. The van der Waals surface area contributed by atoms with Crippen LogP contribution in [0.5, 0.6) is 5.75 Å². The molecule has 2 aliphatic rings. The zero-order chi connectivity index (χ0) is 11.7. The number of ether oxygens (including phenoxy) is 2. The van der Waals surface area contributed by atoms with Gasteiger partial charge < -0.3 is 9.47 Å². The highest BCUT2D eigenvalue weighted by Gasteiger charge is 2.30. The summed E-state index contributed by atoms with van der Waals surface area (Å²) in [6.45, 7) is 2.39. The van der Waals surface area contributed by atoms with E-state index in [4.69, 9.17) is 15.3 Å². The molecule has 92 valence electrons. The van der Waals surface area contributed by atoms with Gasteiger partial charge in [0.25, 0.3) is 0 Å². The fourth-order valence-electron chi connectivity index (χ4n) is 2.78. The number of nitrogens with two attached hydrogens (primary N) is 1. The number of nitrogens with one attached hydrogen (secondary N) is 1. The van der Waals surface area contributed by atoms with Crippen LogP contribution in [0.15, 0.2) is 18.2 Å². The lowest BCUT2D eigenvalue weighted by Crippen LogP contribution is -2.34. The normalized spacial score (nSPS) is 24.4. The predicted octanol–water partition coefficient (Wildman–Crippen LogP) is 1.16. The molecular weight excluding hydrogens is 216 g/mol. The first-order valence-electron chi connectivity index (χ1n) is 6.18. The summed E-state index contributed by atoms with van der Waals surface area (Å²) in [6.07, 6.45) is 2.06. The van der Waals surface area contributed by atoms with Crippen molar-refractivity contribution in [2.45, 2.75) is 18.9 Å². The lowest BCUT2D eigenvalue weighted by molar-refractivity contribution is 0.176. The molecule has 2 aliphatic heterocycles. The maximum Gasteiger partial charge on any atom is 0.127 e. The summed E-state index contributed by atoms with van der Waals surface area (Å²) in [5, 5.41) is 0. The molecule has 3 N–H and O–H groups in total. The summed E-state index contributed by atoms with van der Waals surface area (Å²) in [5.74, 6) is 7.19. The SMILES string of the molecule is NNC(c1cccc2c1OCC2)C1CCOC1. The topological polar surface area (TPSA) is 56.5 Å². The van der Waals surface area contributed by atoms with E-state index in [2.05, 4.69) is 23.6 Å². The fourth-order valence-corrected chi connectivity index (χ4v) is 2.78. The Labute approximate surface area is 101 Å². The fraction of sp³-hybridized carbons (Fsp3) is 0.538. The molecule has 1 fully saturated rings. The van der Waals surface area contributed by atoms with Crippen LogP contribution >= 0.6 is 0 Å². The van der Waals surface area contributed by atoms with E-state index in [1.54, 1.807) is 0 Å². The highest BCUT2D eigenvalue weighted by atomic mass is 16.5. The Morgan fingerprint density at radius 2 is 2.29 bits per heavy atom. The zero-order valence-corrected chi connectivity index (χ0v) is 9.82. The number of hydrazine groups is 1. The molecule has 1 aromatic carbocycles. The molecule has 0 spiro atoms. The van der Waals surface area contributed by atoms with E-state index in [0.717, 1.165) is 38.4 Å². The second kappa shape index (κ2) is 4.64. The molecular formula is C13H18N2O2. The number of hydrogen-bond acceptors (Lipinski definition) is 4. The number of rotatable bonds is 3.